The summed E-state index contributed by atoms with van der Waals surface area (Å²) in [7, 11) is 0. The standard InChI is InChI=1S/C5H7BrN2O/c6-8-4-7-3-5(8)1-2-9/h3-4,9H,1-2H2. The molecule has 0 saturated carbocycles. The Kier molecular flexibility index (Phi) is 2.24. The first kappa shape index (κ1) is 6.77. The highest BCUT2D eigenvalue weighted by Gasteiger charge is 1.95. The van der Waals surface area contributed by atoms with Crippen molar-refractivity contribution in [3.8, 4) is 0 Å². The van der Waals surface area contributed by atoms with Gasteiger partial charge in [0, 0.05) is 19.2 Å². The average molecular weight is 191 g/mol. The molecule has 3 nitrogen and oxygen atoms in total. The van der Waals surface area contributed by atoms with E-state index in [1.807, 2.05) is 0 Å². The van der Waals surface area contributed by atoms with E-state index in [9.17, 15) is 0 Å². The van der Waals surface area contributed by atoms with E-state index in [-0.39, 0.29) is 6.61 Å². The molecule has 0 aliphatic rings. The van der Waals surface area contributed by atoms with Crippen molar-refractivity contribution >= 4 is 16.1 Å². The molecule has 1 N–H and O–H groups in total. The number of hydrogen-bond donors (Lipinski definition) is 1. The van der Waals surface area contributed by atoms with E-state index in [0.717, 1.165) is 5.69 Å². The Morgan fingerprint density at radius 2 is 2.56 bits per heavy atom. The Bertz CT molecular complexity index is 187. The number of halogens is 1. The molecule has 0 aromatic carbocycles. The zero-order valence-corrected chi connectivity index (χ0v) is 6.37. The normalized spacial score (nSPS) is 10.0. The van der Waals surface area contributed by atoms with Gasteiger partial charge in [0.2, 0.25) is 0 Å². The highest BCUT2D eigenvalue weighted by Crippen LogP contribution is 2.02. The average Bonchev–Trinajstić information content (AvgIpc) is 2.18. The van der Waals surface area contributed by atoms with Gasteiger partial charge in [-0.25, -0.2) is 4.98 Å². The summed E-state index contributed by atoms with van der Waals surface area (Å²) >= 11 is 3.21. The Morgan fingerprint density at radius 1 is 1.78 bits per heavy atom. The van der Waals surface area contributed by atoms with E-state index in [1.54, 1.807) is 16.1 Å². The van der Waals surface area contributed by atoms with Gasteiger partial charge in [-0.05, 0) is 0 Å². The quantitative estimate of drug-likeness (QED) is 0.742. The van der Waals surface area contributed by atoms with Crippen LogP contribution in [0, 0.1) is 0 Å². The van der Waals surface area contributed by atoms with Gasteiger partial charge in [0.1, 0.15) is 6.33 Å². The minimum Gasteiger partial charge on any atom is -0.396 e. The third kappa shape index (κ3) is 1.53. The minimum atomic E-state index is 0.164. The molecule has 0 fully saturated rings. The molecule has 0 bridgehead atoms. The summed E-state index contributed by atoms with van der Waals surface area (Å²) in [4.78, 5) is 3.85. The van der Waals surface area contributed by atoms with Crippen LogP contribution in [0.3, 0.4) is 0 Å². The van der Waals surface area contributed by atoms with E-state index in [1.165, 1.54) is 0 Å². The molecule has 0 radical (unpaired) electrons. The van der Waals surface area contributed by atoms with Crippen LogP contribution in [0.5, 0.6) is 0 Å². The van der Waals surface area contributed by atoms with E-state index in [2.05, 4.69) is 21.1 Å². The van der Waals surface area contributed by atoms with Gasteiger partial charge in [-0.15, -0.1) is 0 Å². The van der Waals surface area contributed by atoms with Gasteiger partial charge in [-0.3, -0.25) is 3.59 Å². The number of hydrogen-bond acceptors (Lipinski definition) is 2. The number of rotatable bonds is 2. The predicted octanol–water partition coefficient (Wildman–Crippen LogP) is 0.576. The van der Waals surface area contributed by atoms with Gasteiger partial charge in [-0.2, -0.15) is 0 Å². The number of aliphatic hydroxyl groups excluding tert-OH is 1. The zero-order valence-electron chi connectivity index (χ0n) is 4.79. The van der Waals surface area contributed by atoms with Crippen molar-refractivity contribution in [2.45, 2.75) is 6.42 Å². The van der Waals surface area contributed by atoms with Crippen LogP contribution in [0.2, 0.25) is 0 Å². The summed E-state index contributed by atoms with van der Waals surface area (Å²) < 4.78 is 1.71. The molecule has 0 amide bonds. The lowest BCUT2D eigenvalue weighted by Gasteiger charge is -1.93. The first-order chi connectivity index (χ1) is 4.34. The molecule has 50 valence electrons. The van der Waals surface area contributed by atoms with Crippen LogP contribution in [-0.4, -0.2) is 20.3 Å². The van der Waals surface area contributed by atoms with Crippen LogP contribution >= 0.6 is 16.1 Å². The van der Waals surface area contributed by atoms with Crippen molar-refractivity contribution in [3.05, 3.63) is 18.2 Å². The Balaban J connectivity index is 2.69. The van der Waals surface area contributed by atoms with Gasteiger partial charge in [0.05, 0.1) is 21.8 Å². The fourth-order valence-electron chi connectivity index (χ4n) is 0.593. The molecule has 4 heteroatoms. The predicted molar refractivity (Wildman–Crippen MR) is 37.3 cm³/mol. The summed E-state index contributed by atoms with van der Waals surface area (Å²) in [5.74, 6) is 0. The first-order valence-corrected chi connectivity index (χ1v) is 3.33. The summed E-state index contributed by atoms with van der Waals surface area (Å²) in [5.41, 5.74) is 0.984. The maximum atomic E-state index is 8.50. The largest absolute Gasteiger partial charge is 0.396 e. The molecule has 0 aliphatic carbocycles. The Labute approximate surface area is 61.7 Å². The molecule has 9 heavy (non-hydrogen) atoms. The van der Waals surface area contributed by atoms with Crippen LogP contribution in [0.4, 0.5) is 0 Å². The van der Waals surface area contributed by atoms with Crippen LogP contribution in [0.1, 0.15) is 5.69 Å². The maximum absolute atomic E-state index is 8.50. The molecular weight excluding hydrogens is 184 g/mol. The van der Waals surface area contributed by atoms with Crippen molar-refractivity contribution in [3.63, 3.8) is 0 Å². The van der Waals surface area contributed by atoms with Crippen molar-refractivity contribution < 1.29 is 5.11 Å². The molecular formula is C5H7BrN2O. The van der Waals surface area contributed by atoms with Gasteiger partial charge >= 0.3 is 0 Å². The topological polar surface area (TPSA) is 38.1 Å². The van der Waals surface area contributed by atoms with Crippen molar-refractivity contribution in [2.24, 2.45) is 0 Å². The lowest BCUT2D eigenvalue weighted by atomic mass is 10.4. The van der Waals surface area contributed by atoms with E-state index in [4.69, 9.17) is 5.11 Å². The number of imidazole rings is 1. The van der Waals surface area contributed by atoms with Crippen LogP contribution < -0.4 is 0 Å². The maximum Gasteiger partial charge on any atom is 0.105 e. The van der Waals surface area contributed by atoms with Crippen LogP contribution in [-0.2, 0) is 6.42 Å². The lowest BCUT2D eigenvalue weighted by Crippen LogP contribution is -1.93. The van der Waals surface area contributed by atoms with Crippen molar-refractivity contribution in [1.82, 2.24) is 8.58 Å². The van der Waals surface area contributed by atoms with Crippen molar-refractivity contribution in [2.75, 3.05) is 6.61 Å². The molecule has 0 saturated heterocycles. The molecule has 0 atom stereocenters. The number of nitrogens with zero attached hydrogens (tertiary/aromatic N) is 2. The fourth-order valence-corrected chi connectivity index (χ4v) is 0.968. The zero-order chi connectivity index (χ0) is 6.69. The molecule has 0 aliphatic heterocycles. The van der Waals surface area contributed by atoms with E-state index >= 15 is 0 Å². The number of aliphatic hydroxyl groups is 1. The summed E-state index contributed by atoms with van der Waals surface area (Å²) in [5, 5.41) is 8.50. The first-order valence-electron chi connectivity index (χ1n) is 2.63. The number of aromatic nitrogens is 2. The molecule has 1 aromatic heterocycles. The van der Waals surface area contributed by atoms with Gasteiger partial charge < -0.3 is 5.11 Å². The second-order valence-electron chi connectivity index (χ2n) is 1.67. The Morgan fingerprint density at radius 3 is 3.00 bits per heavy atom. The van der Waals surface area contributed by atoms with E-state index in [0.29, 0.717) is 6.42 Å². The second kappa shape index (κ2) is 2.98. The SMILES string of the molecule is OCCc1cncn1Br. The highest BCUT2D eigenvalue weighted by atomic mass is 79.9. The molecule has 1 heterocycles. The highest BCUT2D eigenvalue weighted by molar-refractivity contribution is 9.08. The van der Waals surface area contributed by atoms with Gasteiger partial charge in [0.15, 0.2) is 0 Å². The Hall–Kier alpha value is -0.350. The van der Waals surface area contributed by atoms with Gasteiger partial charge in [0.25, 0.3) is 0 Å². The molecule has 0 unspecified atom stereocenters. The third-order valence-electron chi connectivity index (χ3n) is 1.03. The fraction of sp³-hybridized carbons (Fsp3) is 0.400. The molecule has 1 aromatic rings. The lowest BCUT2D eigenvalue weighted by molar-refractivity contribution is 0.298. The van der Waals surface area contributed by atoms with Gasteiger partial charge in [-0.1, -0.05) is 0 Å². The summed E-state index contributed by atoms with van der Waals surface area (Å²) in [6.45, 7) is 0.164. The smallest absolute Gasteiger partial charge is 0.105 e. The van der Waals surface area contributed by atoms with Crippen LogP contribution in [0.25, 0.3) is 0 Å². The minimum absolute atomic E-state index is 0.164. The molecule has 1 rings (SSSR count). The van der Waals surface area contributed by atoms with E-state index < -0.39 is 0 Å². The third-order valence-corrected chi connectivity index (χ3v) is 1.67. The summed E-state index contributed by atoms with van der Waals surface area (Å²) in [6, 6.07) is 0. The van der Waals surface area contributed by atoms with Crippen LogP contribution in [0.15, 0.2) is 12.5 Å². The monoisotopic (exact) mass is 190 g/mol. The second-order valence-corrected chi connectivity index (χ2v) is 2.43. The summed E-state index contributed by atoms with van der Waals surface area (Å²) in [6.07, 6.45) is 4.00. The molecule has 0 spiro atoms. The van der Waals surface area contributed by atoms with Crippen molar-refractivity contribution in [1.29, 1.82) is 0 Å².